The van der Waals surface area contributed by atoms with E-state index in [-0.39, 0.29) is 171 Å². The van der Waals surface area contributed by atoms with Crippen molar-refractivity contribution in [1.82, 2.24) is 0 Å². The summed E-state index contributed by atoms with van der Waals surface area (Å²) in [5.41, 5.74) is 0. The van der Waals surface area contributed by atoms with Gasteiger partial charge in [-0.3, -0.25) is 0 Å². The van der Waals surface area contributed by atoms with Crippen LogP contribution in [0, 0.1) is 0 Å². The zero-order valence-corrected chi connectivity index (χ0v) is 23.4. The van der Waals surface area contributed by atoms with Crippen LogP contribution in [-0.4, -0.2) is 16.4 Å². The molecule has 13 heavy (non-hydrogen) atoms. The third-order valence-corrected chi connectivity index (χ3v) is 0. The summed E-state index contributed by atoms with van der Waals surface area (Å²) < 4.78 is 0. The van der Waals surface area contributed by atoms with E-state index in [0.717, 1.165) is 0 Å². The van der Waals surface area contributed by atoms with E-state index in [1.54, 1.807) is 0 Å². The fourth-order valence-corrected chi connectivity index (χ4v) is 0. The zero-order valence-electron chi connectivity index (χ0n) is 7.10. The van der Waals surface area contributed by atoms with Gasteiger partial charge >= 0.3 is 218 Å². The molecule has 0 atom stereocenters. The largest absolute Gasteiger partial charge is 1.00 e. The minimum atomic E-state index is -5.33. The van der Waals surface area contributed by atoms with Crippen LogP contribution in [0.4, 0.5) is 0 Å². The van der Waals surface area contributed by atoms with Crippen molar-refractivity contribution in [1.29, 1.82) is 0 Å². The third kappa shape index (κ3) is 110. The Bertz CT molecular complexity index is 81.7. The van der Waals surface area contributed by atoms with Gasteiger partial charge in [0.2, 0.25) is 0 Å². The normalized spacial score (nSPS) is 12.5. The summed E-state index contributed by atoms with van der Waals surface area (Å²) in [5, 5.41) is 0. The minimum Gasteiger partial charge on any atom is 1.00 e. The number of hydrogen-bond acceptors (Lipinski definition) is 0. The number of hydrogen-bond donors (Lipinski definition) is 0. The van der Waals surface area contributed by atoms with Crippen molar-refractivity contribution in [3.63, 3.8) is 0 Å². The molecule has 0 rings (SSSR count). The van der Waals surface area contributed by atoms with Gasteiger partial charge in [0.15, 0.2) is 0 Å². The Morgan fingerprint density at radius 2 is 0.462 bits per heavy atom. The Morgan fingerprint density at radius 3 is 0.462 bits per heavy atom. The fraction of sp³-hybridized carbons (Fsp3) is 0. The Hall–Kier alpha value is 7.18. The van der Waals surface area contributed by atoms with Crippen molar-refractivity contribution in [3.05, 3.63) is 0 Å². The monoisotopic (exact) mass is 574 g/mol. The molecule has 0 aliphatic rings. The predicted molar refractivity (Wildman–Crippen MR) is 46.0 cm³/mol. The van der Waals surface area contributed by atoms with Crippen LogP contribution in [0.5, 0.6) is 0 Å². The first-order valence-electron chi connectivity index (χ1n) is 0.756. The van der Waals surface area contributed by atoms with Gasteiger partial charge in [0.1, 0.15) is 0 Å². The van der Waals surface area contributed by atoms with Gasteiger partial charge in [0.05, 0.1) is 0 Å². The molecule has 13 heteroatoms. The summed E-state index contributed by atoms with van der Waals surface area (Å²) >= 11 is 0. The SMILES string of the molecule is O.O.O.[Cl][Ir-3]([Cl])([Cl])([Cl])([Cl])[Cl].[K+].[K+].[K+]. The second-order valence-electron chi connectivity index (χ2n) is 0.714. The van der Waals surface area contributed by atoms with E-state index in [4.69, 9.17) is 57.5 Å². The maximum Gasteiger partial charge on any atom is 1.00 e. The molecule has 0 amide bonds. The van der Waals surface area contributed by atoms with Gasteiger partial charge in [-0.1, -0.05) is 0 Å². The summed E-state index contributed by atoms with van der Waals surface area (Å²) in [6.45, 7) is -5.33. The van der Waals surface area contributed by atoms with E-state index < -0.39 is 6.81 Å². The van der Waals surface area contributed by atoms with Crippen LogP contribution in [0.3, 0.4) is 0 Å². The Labute approximate surface area is 227 Å². The molecule has 0 saturated carbocycles. The molecular formula is H6Cl6IrK3O3. The van der Waals surface area contributed by atoms with E-state index in [0.29, 0.717) is 0 Å². The molecule has 78 valence electrons. The number of rotatable bonds is 0. The molecule has 0 aromatic rings. The summed E-state index contributed by atoms with van der Waals surface area (Å²) in [4.78, 5) is 0. The Balaban J connectivity index is -0.0000000120. The Morgan fingerprint density at radius 1 is 0.462 bits per heavy atom. The second kappa shape index (κ2) is 12.9. The van der Waals surface area contributed by atoms with E-state index in [1.165, 1.54) is 0 Å². The fourth-order valence-electron chi connectivity index (χ4n) is 0. The molecule has 0 heterocycles. The summed E-state index contributed by atoms with van der Waals surface area (Å²) in [6.07, 6.45) is 0. The third-order valence-electron chi connectivity index (χ3n) is 0. The average molecular weight is 576 g/mol. The molecule has 0 aliphatic carbocycles. The molecule has 0 aromatic carbocycles. The summed E-state index contributed by atoms with van der Waals surface area (Å²) in [5.74, 6) is 0. The molecule has 3 nitrogen and oxygen atoms in total. The summed E-state index contributed by atoms with van der Waals surface area (Å²) in [7, 11) is 30.3. The van der Waals surface area contributed by atoms with Gasteiger partial charge < -0.3 is 16.4 Å². The molecule has 0 bridgehead atoms. The molecular weight excluding hydrogens is 570 g/mol. The first-order chi connectivity index (χ1) is 2.45. The van der Waals surface area contributed by atoms with Crippen LogP contribution < -0.4 is 154 Å². The topological polar surface area (TPSA) is 94.5 Å². The van der Waals surface area contributed by atoms with Crippen molar-refractivity contribution < 1.29 is 177 Å². The molecule has 0 aliphatic heterocycles. The molecule has 0 radical (unpaired) electrons. The van der Waals surface area contributed by atoms with E-state index in [1.807, 2.05) is 0 Å². The maximum atomic E-state index is 5.06. The van der Waals surface area contributed by atoms with Gasteiger partial charge in [-0.25, -0.2) is 0 Å². The maximum absolute atomic E-state index is 5.33. The van der Waals surface area contributed by atoms with Crippen LogP contribution in [0.2, 0.25) is 0 Å². The minimum absolute atomic E-state index is 0. The molecule has 0 unspecified atom stereocenters. The van der Waals surface area contributed by atoms with Crippen molar-refractivity contribution in [2.45, 2.75) is 0 Å². The standard InChI is InChI=1S/6ClH.Ir.3K.3H2O/h6*1H;;;;;3*1H2/q;;;;;;+3;3*+1;;;/p-6. The van der Waals surface area contributed by atoms with E-state index >= 15 is 0 Å². The molecule has 0 saturated heterocycles. The van der Waals surface area contributed by atoms with Gasteiger partial charge in [0, 0.05) is 0 Å². The van der Waals surface area contributed by atoms with Gasteiger partial charge in [0.25, 0.3) is 0 Å². The molecule has 0 fully saturated rings. The Kier molecular flexibility index (Phi) is 42.4. The van der Waals surface area contributed by atoms with Crippen LogP contribution in [0.1, 0.15) is 0 Å². The smallest absolute Gasteiger partial charge is 1.00 e. The van der Waals surface area contributed by atoms with Crippen molar-refractivity contribution >= 4 is 57.5 Å². The average Bonchev–Trinajstić information content (AvgIpc) is 0.592. The molecule has 0 aromatic heterocycles. The van der Waals surface area contributed by atoms with Crippen molar-refractivity contribution in [2.24, 2.45) is 0 Å². The molecule has 6 N–H and O–H groups in total. The van der Waals surface area contributed by atoms with E-state index in [9.17, 15) is 0 Å². The zero-order chi connectivity index (χ0) is 6.41. The van der Waals surface area contributed by atoms with Gasteiger partial charge in [-0.2, -0.15) is 0 Å². The number of halogens is 6. The van der Waals surface area contributed by atoms with Crippen LogP contribution in [0.25, 0.3) is 0 Å². The molecule has 0 spiro atoms. The van der Waals surface area contributed by atoms with Crippen molar-refractivity contribution in [2.75, 3.05) is 0 Å². The quantitative estimate of drug-likeness (QED) is 0.257. The van der Waals surface area contributed by atoms with E-state index in [2.05, 4.69) is 0 Å². The van der Waals surface area contributed by atoms with Crippen molar-refractivity contribution in [3.8, 4) is 0 Å². The second-order valence-corrected chi connectivity index (χ2v) is 52.6. The van der Waals surface area contributed by atoms with Crippen LogP contribution in [-0.2, 0) is 6.81 Å². The van der Waals surface area contributed by atoms with Gasteiger partial charge in [-0.05, 0) is 0 Å². The first-order valence-corrected chi connectivity index (χ1v) is 18.6. The van der Waals surface area contributed by atoms with Crippen LogP contribution in [0.15, 0.2) is 0 Å². The summed E-state index contributed by atoms with van der Waals surface area (Å²) in [6, 6.07) is 0. The first kappa shape index (κ1) is 42.7. The predicted octanol–water partition coefficient (Wildman–Crippen LogP) is -7.33. The van der Waals surface area contributed by atoms with Crippen LogP contribution >= 0.6 is 57.5 Å². The van der Waals surface area contributed by atoms with Gasteiger partial charge in [-0.15, -0.1) is 0 Å².